The summed E-state index contributed by atoms with van der Waals surface area (Å²) in [4.78, 5) is 2.31. The highest BCUT2D eigenvalue weighted by atomic mass is 19.1. The van der Waals surface area contributed by atoms with Crippen molar-refractivity contribution >= 4 is 5.69 Å². The summed E-state index contributed by atoms with van der Waals surface area (Å²) in [5, 5.41) is 9.66. The predicted octanol–water partition coefficient (Wildman–Crippen LogP) is 4.44. The molecular formula is C18H20FNO. The molecule has 1 aliphatic rings. The van der Waals surface area contributed by atoms with Crippen molar-refractivity contribution in [1.29, 1.82) is 0 Å². The zero-order valence-electron chi connectivity index (χ0n) is 12.2. The van der Waals surface area contributed by atoms with Crippen LogP contribution >= 0.6 is 0 Å². The maximum absolute atomic E-state index is 13.1. The molecule has 1 aliphatic carbocycles. The normalized spacial score (nSPS) is 17.3. The summed E-state index contributed by atoms with van der Waals surface area (Å²) >= 11 is 0. The topological polar surface area (TPSA) is 23.5 Å². The minimum absolute atomic E-state index is 0.205. The first kappa shape index (κ1) is 13.9. The molecule has 2 aromatic carbocycles. The lowest BCUT2D eigenvalue weighted by atomic mass is 9.86. The molecule has 0 spiro atoms. The minimum Gasteiger partial charge on any atom is -0.508 e. The van der Waals surface area contributed by atoms with Crippen LogP contribution in [-0.2, 0) is 6.42 Å². The van der Waals surface area contributed by atoms with E-state index in [2.05, 4.69) is 11.8 Å². The first-order valence-electron chi connectivity index (χ1n) is 7.53. The van der Waals surface area contributed by atoms with Gasteiger partial charge in [0.15, 0.2) is 0 Å². The van der Waals surface area contributed by atoms with Crippen LogP contribution in [0, 0.1) is 5.82 Å². The molecule has 0 aliphatic heterocycles. The number of hydrogen-bond donors (Lipinski definition) is 1. The molecule has 0 amide bonds. The smallest absolute Gasteiger partial charge is 0.123 e. The zero-order valence-corrected chi connectivity index (χ0v) is 12.2. The maximum atomic E-state index is 13.1. The Bertz CT molecular complexity index is 624. The Labute approximate surface area is 124 Å². The highest BCUT2D eigenvalue weighted by molar-refractivity contribution is 5.51. The lowest BCUT2D eigenvalue weighted by Crippen LogP contribution is -2.31. The fourth-order valence-electron chi connectivity index (χ4n) is 3.31. The Morgan fingerprint density at radius 1 is 1.19 bits per heavy atom. The van der Waals surface area contributed by atoms with Crippen molar-refractivity contribution in [1.82, 2.24) is 0 Å². The van der Waals surface area contributed by atoms with Crippen molar-refractivity contribution in [2.24, 2.45) is 0 Å². The van der Waals surface area contributed by atoms with Crippen LogP contribution in [0.25, 0.3) is 0 Å². The number of hydrogen-bond acceptors (Lipinski definition) is 2. The third-order valence-electron chi connectivity index (χ3n) is 4.28. The molecular weight excluding hydrogens is 265 g/mol. The van der Waals surface area contributed by atoms with Crippen LogP contribution in [0.1, 0.15) is 36.9 Å². The van der Waals surface area contributed by atoms with E-state index in [9.17, 15) is 9.50 Å². The standard InChI is InChI=1S/C18H20FNO/c1-2-20(15-8-6-14(19)7-9-15)18-5-3-4-13-12-16(21)10-11-17(13)18/h6-12,18,21H,2-5H2,1H3. The number of aryl methyl sites for hydroxylation is 1. The Balaban J connectivity index is 1.97. The maximum Gasteiger partial charge on any atom is 0.123 e. The van der Waals surface area contributed by atoms with Gasteiger partial charge < -0.3 is 10.0 Å². The van der Waals surface area contributed by atoms with Gasteiger partial charge in [0.25, 0.3) is 0 Å². The van der Waals surface area contributed by atoms with E-state index in [1.807, 2.05) is 24.3 Å². The fraction of sp³-hybridized carbons (Fsp3) is 0.333. The number of rotatable bonds is 3. The van der Waals surface area contributed by atoms with Gasteiger partial charge in [-0.3, -0.25) is 0 Å². The monoisotopic (exact) mass is 285 g/mol. The first-order valence-corrected chi connectivity index (χ1v) is 7.53. The summed E-state index contributed by atoms with van der Waals surface area (Å²) < 4.78 is 13.1. The van der Waals surface area contributed by atoms with E-state index in [1.54, 1.807) is 6.07 Å². The lowest BCUT2D eigenvalue weighted by molar-refractivity contribution is 0.469. The Kier molecular flexibility index (Phi) is 3.82. The van der Waals surface area contributed by atoms with Crippen molar-refractivity contribution in [2.45, 2.75) is 32.2 Å². The summed E-state index contributed by atoms with van der Waals surface area (Å²) in [7, 11) is 0. The number of anilines is 1. The molecule has 110 valence electrons. The number of phenolic OH excluding ortho intramolecular Hbond substituents is 1. The van der Waals surface area contributed by atoms with E-state index in [1.165, 1.54) is 23.3 Å². The molecule has 0 bridgehead atoms. The number of fused-ring (bicyclic) bond motifs is 1. The van der Waals surface area contributed by atoms with Gasteiger partial charge in [0, 0.05) is 12.2 Å². The van der Waals surface area contributed by atoms with Crippen molar-refractivity contribution in [3.8, 4) is 5.75 Å². The number of halogens is 1. The average Bonchev–Trinajstić information content (AvgIpc) is 2.49. The van der Waals surface area contributed by atoms with Crippen LogP contribution in [-0.4, -0.2) is 11.7 Å². The Morgan fingerprint density at radius 2 is 1.95 bits per heavy atom. The van der Waals surface area contributed by atoms with Crippen LogP contribution in [0.2, 0.25) is 0 Å². The highest BCUT2D eigenvalue weighted by Crippen LogP contribution is 2.38. The molecule has 2 nitrogen and oxygen atoms in total. The summed E-state index contributed by atoms with van der Waals surface area (Å²) in [5.74, 6) is 0.128. The number of benzene rings is 2. The Hall–Kier alpha value is -2.03. The predicted molar refractivity (Wildman–Crippen MR) is 83.2 cm³/mol. The summed E-state index contributed by atoms with van der Waals surface area (Å²) in [6.07, 6.45) is 3.21. The molecule has 21 heavy (non-hydrogen) atoms. The molecule has 0 saturated heterocycles. The molecule has 0 heterocycles. The van der Waals surface area contributed by atoms with Gasteiger partial charge in [0.1, 0.15) is 11.6 Å². The second kappa shape index (κ2) is 5.76. The van der Waals surface area contributed by atoms with Crippen LogP contribution in [0.4, 0.5) is 10.1 Å². The van der Waals surface area contributed by atoms with E-state index in [-0.39, 0.29) is 5.82 Å². The number of nitrogens with zero attached hydrogens (tertiary/aromatic N) is 1. The fourth-order valence-corrected chi connectivity index (χ4v) is 3.31. The van der Waals surface area contributed by atoms with E-state index >= 15 is 0 Å². The van der Waals surface area contributed by atoms with E-state index < -0.39 is 0 Å². The largest absolute Gasteiger partial charge is 0.508 e. The third-order valence-corrected chi connectivity index (χ3v) is 4.28. The quantitative estimate of drug-likeness (QED) is 0.901. The van der Waals surface area contributed by atoms with Gasteiger partial charge in [-0.2, -0.15) is 0 Å². The second-order valence-electron chi connectivity index (χ2n) is 5.55. The summed E-state index contributed by atoms with van der Waals surface area (Å²) in [5.41, 5.74) is 3.56. The van der Waals surface area contributed by atoms with Crippen molar-refractivity contribution in [3.05, 3.63) is 59.4 Å². The van der Waals surface area contributed by atoms with Crippen molar-refractivity contribution < 1.29 is 9.50 Å². The molecule has 2 aromatic rings. The third kappa shape index (κ3) is 2.73. The molecule has 1 unspecified atom stereocenters. The van der Waals surface area contributed by atoms with Crippen LogP contribution < -0.4 is 4.90 Å². The van der Waals surface area contributed by atoms with Gasteiger partial charge in [-0.25, -0.2) is 4.39 Å². The molecule has 3 heteroatoms. The lowest BCUT2D eigenvalue weighted by Gasteiger charge is -2.37. The first-order chi connectivity index (χ1) is 10.2. The van der Waals surface area contributed by atoms with E-state index in [4.69, 9.17) is 0 Å². The molecule has 1 N–H and O–H groups in total. The van der Waals surface area contributed by atoms with Gasteiger partial charge in [-0.05, 0) is 73.7 Å². The molecule has 0 fully saturated rings. The van der Waals surface area contributed by atoms with E-state index in [0.29, 0.717) is 11.8 Å². The van der Waals surface area contributed by atoms with Gasteiger partial charge in [-0.15, -0.1) is 0 Å². The van der Waals surface area contributed by atoms with Crippen LogP contribution in [0.5, 0.6) is 5.75 Å². The highest BCUT2D eigenvalue weighted by Gasteiger charge is 2.25. The summed E-state index contributed by atoms with van der Waals surface area (Å²) in [6.45, 7) is 2.99. The Morgan fingerprint density at radius 3 is 2.67 bits per heavy atom. The van der Waals surface area contributed by atoms with Gasteiger partial charge >= 0.3 is 0 Å². The minimum atomic E-state index is -0.205. The van der Waals surface area contributed by atoms with Gasteiger partial charge in [-0.1, -0.05) is 6.07 Å². The molecule has 0 aromatic heterocycles. The van der Waals surface area contributed by atoms with Crippen LogP contribution in [0.3, 0.4) is 0 Å². The molecule has 3 rings (SSSR count). The summed E-state index contributed by atoms with van der Waals surface area (Å²) in [6, 6.07) is 12.7. The molecule has 0 saturated carbocycles. The SMILES string of the molecule is CCN(c1ccc(F)cc1)C1CCCc2cc(O)ccc21. The van der Waals surface area contributed by atoms with Crippen LogP contribution in [0.15, 0.2) is 42.5 Å². The van der Waals surface area contributed by atoms with E-state index in [0.717, 1.165) is 31.5 Å². The average molecular weight is 285 g/mol. The van der Waals surface area contributed by atoms with Gasteiger partial charge in [0.2, 0.25) is 0 Å². The number of phenols is 1. The van der Waals surface area contributed by atoms with Gasteiger partial charge in [0.05, 0.1) is 6.04 Å². The van der Waals surface area contributed by atoms with Crippen molar-refractivity contribution in [3.63, 3.8) is 0 Å². The van der Waals surface area contributed by atoms with Crippen molar-refractivity contribution in [2.75, 3.05) is 11.4 Å². The number of aromatic hydroxyl groups is 1. The second-order valence-corrected chi connectivity index (χ2v) is 5.55. The molecule has 0 radical (unpaired) electrons. The zero-order chi connectivity index (χ0) is 14.8. The molecule has 1 atom stereocenters.